The zero-order valence-corrected chi connectivity index (χ0v) is 13.3. The number of rotatable bonds is 4. The molecule has 0 aliphatic carbocycles. The highest BCUT2D eigenvalue weighted by molar-refractivity contribution is 4.91. The van der Waals surface area contributed by atoms with Crippen molar-refractivity contribution in [2.24, 2.45) is 16.7 Å². The van der Waals surface area contributed by atoms with Gasteiger partial charge in [-0.15, -0.1) is 0 Å². The van der Waals surface area contributed by atoms with Crippen LogP contribution in [0.15, 0.2) is 0 Å². The lowest BCUT2D eigenvalue weighted by Gasteiger charge is -2.40. The maximum Gasteiger partial charge on any atom is 0.0472 e. The molecule has 112 valence electrons. The molecule has 1 N–H and O–H groups in total. The van der Waals surface area contributed by atoms with Crippen LogP contribution in [-0.4, -0.2) is 51.3 Å². The molecule has 3 nitrogen and oxygen atoms in total. The zero-order valence-electron chi connectivity index (χ0n) is 13.3. The molecule has 2 fully saturated rings. The van der Waals surface area contributed by atoms with Gasteiger partial charge in [0, 0.05) is 32.8 Å². The number of hydrogen-bond donors (Lipinski definition) is 1. The molecular weight excluding hydrogens is 236 g/mol. The van der Waals surface area contributed by atoms with Gasteiger partial charge in [0.2, 0.25) is 0 Å². The highest BCUT2D eigenvalue weighted by Crippen LogP contribution is 2.37. The first-order chi connectivity index (χ1) is 8.95. The molecule has 0 aromatic rings. The Labute approximate surface area is 119 Å². The lowest BCUT2D eigenvalue weighted by molar-refractivity contribution is -0.00126. The molecule has 1 atom stereocenters. The molecule has 19 heavy (non-hydrogen) atoms. The predicted octanol–water partition coefficient (Wildman–Crippen LogP) is 2.37. The van der Waals surface area contributed by atoms with Crippen LogP contribution in [0.3, 0.4) is 0 Å². The average molecular weight is 268 g/mol. The van der Waals surface area contributed by atoms with Gasteiger partial charge >= 0.3 is 0 Å². The highest BCUT2D eigenvalue weighted by Gasteiger charge is 2.38. The SMILES string of the molecule is CNCC1(CN2CCC(C(C)(C)C)C2)CCOCC1. The molecule has 1 unspecified atom stereocenters. The molecule has 0 bridgehead atoms. The third-order valence-electron chi connectivity index (χ3n) is 5.16. The van der Waals surface area contributed by atoms with E-state index in [1.807, 2.05) is 0 Å². The topological polar surface area (TPSA) is 24.5 Å². The van der Waals surface area contributed by atoms with Crippen LogP contribution in [0.4, 0.5) is 0 Å². The second-order valence-corrected chi connectivity index (χ2v) is 7.73. The van der Waals surface area contributed by atoms with Gasteiger partial charge in [0.1, 0.15) is 0 Å². The summed E-state index contributed by atoms with van der Waals surface area (Å²) in [6.07, 6.45) is 3.80. The van der Waals surface area contributed by atoms with Crippen molar-refractivity contribution in [3.63, 3.8) is 0 Å². The summed E-state index contributed by atoms with van der Waals surface area (Å²) in [5.74, 6) is 0.860. The minimum atomic E-state index is 0.444. The van der Waals surface area contributed by atoms with Crippen molar-refractivity contribution in [2.75, 3.05) is 46.4 Å². The van der Waals surface area contributed by atoms with E-state index >= 15 is 0 Å². The quantitative estimate of drug-likeness (QED) is 0.847. The van der Waals surface area contributed by atoms with Gasteiger partial charge in [-0.1, -0.05) is 20.8 Å². The van der Waals surface area contributed by atoms with E-state index in [0.29, 0.717) is 10.8 Å². The van der Waals surface area contributed by atoms with E-state index in [1.54, 1.807) is 0 Å². The standard InChI is InChI=1S/C16H32N2O/c1-15(2,3)14-5-8-18(11-14)13-16(12-17-4)6-9-19-10-7-16/h14,17H,5-13H2,1-4H3. The maximum absolute atomic E-state index is 5.56. The van der Waals surface area contributed by atoms with E-state index in [9.17, 15) is 0 Å². The van der Waals surface area contributed by atoms with Crippen molar-refractivity contribution in [2.45, 2.75) is 40.0 Å². The highest BCUT2D eigenvalue weighted by atomic mass is 16.5. The fourth-order valence-electron chi connectivity index (χ4n) is 3.73. The molecule has 2 aliphatic rings. The van der Waals surface area contributed by atoms with Crippen LogP contribution in [0.2, 0.25) is 0 Å². The molecule has 0 amide bonds. The van der Waals surface area contributed by atoms with Crippen LogP contribution in [-0.2, 0) is 4.74 Å². The fourth-order valence-corrected chi connectivity index (χ4v) is 3.73. The lowest BCUT2D eigenvalue weighted by Crippen LogP contribution is -2.46. The number of hydrogen-bond acceptors (Lipinski definition) is 3. The zero-order chi connectivity index (χ0) is 13.9. The summed E-state index contributed by atoms with van der Waals surface area (Å²) in [7, 11) is 2.08. The first-order valence-corrected chi connectivity index (χ1v) is 7.90. The Bertz CT molecular complexity index is 273. The molecule has 2 saturated heterocycles. The molecule has 0 saturated carbocycles. The van der Waals surface area contributed by atoms with Crippen molar-refractivity contribution in [1.82, 2.24) is 10.2 Å². The molecule has 3 heteroatoms. The number of nitrogens with zero attached hydrogens (tertiary/aromatic N) is 1. The minimum Gasteiger partial charge on any atom is -0.381 e. The minimum absolute atomic E-state index is 0.444. The first kappa shape index (κ1) is 15.3. The number of likely N-dealkylation sites (tertiary alicyclic amines) is 1. The van der Waals surface area contributed by atoms with E-state index in [2.05, 4.69) is 38.0 Å². The number of nitrogens with one attached hydrogen (secondary N) is 1. The van der Waals surface area contributed by atoms with Crippen molar-refractivity contribution < 1.29 is 4.74 Å². The normalized spacial score (nSPS) is 28.7. The summed E-state index contributed by atoms with van der Waals surface area (Å²) in [6.45, 7) is 14.0. The Kier molecular flexibility index (Phi) is 4.91. The molecule has 2 rings (SSSR count). The summed E-state index contributed by atoms with van der Waals surface area (Å²) in [5.41, 5.74) is 0.903. The van der Waals surface area contributed by atoms with Crippen LogP contribution < -0.4 is 5.32 Å². The predicted molar refractivity (Wildman–Crippen MR) is 80.4 cm³/mol. The van der Waals surface area contributed by atoms with E-state index in [4.69, 9.17) is 4.74 Å². The molecule has 0 radical (unpaired) electrons. The van der Waals surface area contributed by atoms with E-state index in [0.717, 1.165) is 25.7 Å². The second kappa shape index (κ2) is 6.11. The van der Waals surface area contributed by atoms with Gasteiger partial charge in [0.05, 0.1) is 0 Å². The van der Waals surface area contributed by atoms with Crippen LogP contribution in [0.25, 0.3) is 0 Å². The largest absolute Gasteiger partial charge is 0.381 e. The second-order valence-electron chi connectivity index (χ2n) is 7.73. The summed E-state index contributed by atoms with van der Waals surface area (Å²) in [5, 5.41) is 3.41. The lowest BCUT2D eigenvalue weighted by atomic mass is 9.79. The Morgan fingerprint density at radius 3 is 2.47 bits per heavy atom. The van der Waals surface area contributed by atoms with Crippen LogP contribution in [0.1, 0.15) is 40.0 Å². The molecule has 2 heterocycles. The Hall–Kier alpha value is -0.120. The third kappa shape index (κ3) is 3.93. The van der Waals surface area contributed by atoms with E-state index < -0.39 is 0 Å². The van der Waals surface area contributed by atoms with Gasteiger partial charge in [0.15, 0.2) is 0 Å². The summed E-state index contributed by atoms with van der Waals surface area (Å²) in [6, 6.07) is 0. The monoisotopic (exact) mass is 268 g/mol. The van der Waals surface area contributed by atoms with Crippen LogP contribution in [0.5, 0.6) is 0 Å². The van der Waals surface area contributed by atoms with E-state index in [-0.39, 0.29) is 0 Å². The van der Waals surface area contributed by atoms with Gasteiger partial charge in [-0.25, -0.2) is 0 Å². The van der Waals surface area contributed by atoms with Crippen molar-refractivity contribution in [3.05, 3.63) is 0 Å². The Balaban J connectivity index is 1.92. The molecule has 0 aromatic carbocycles. The van der Waals surface area contributed by atoms with Crippen molar-refractivity contribution in [1.29, 1.82) is 0 Å². The van der Waals surface area contributed by atoms with Gasteiger partial charge in [-0.3, -0.25) is 0 Å². The third-order valence-corrected chi connectivity index (χ3v) is 5.16. The maximum atomic E-state index is 5.56. The van der Waals surface area contributed by atoms with Gasteiger partial charge in [-0.2, -0.15) is 0 Å². The molecule has 2 aliphatic heterocycles. The van der Waals surface area contributed by atoms with Gasteiger partial charge in [0.25, 0.3) is 0 Å². The fraction of sp³-hybridized carbons (Fsp3) is 1.00. The molecule has 0 aromatic heterocycles. The van der Waals surface area contributed by atoms with Crippen LogP contribution in [0, 0.1) is 16.7 Å². The first-order valence-electron chi connectivity index (χ1n) is 7.90. The van der Waals surface area contributed by atoms with E-state index in [1.165, 1.54) is 38.9 Å². The van der Waals surface area contributed by atoms with Crippen molar-refractivity contribution >= 4 is 0 Å². The summed E-state index contributed by atoms with van der Waals surface area (Å²) < 4.78 is 5.56. The number of ether oxygens (including phenoxy) is 1. The van der Waals surface area contributed by atoms with Gasteiger partial charge < -0.3 is 15.0 Å². The van der Waals surface area contributed by atoms with Crippen LogP contribution >= 0.6 is 0 Å². The molecule has 0 spiro atoms. The molecular formula is C16H32N2O. The summed E-state index contributed by atoms with van der Waals surface area (Å²) >= 11 is 0. The Morgan fingerprint density at radius 2 is 1.95 bits per heavy atom. The average Bonchev–Trinajstić information content (AvgIpc) is 2.78. The summed E-state index contributed by atoms with van der Waals surface area (Å²) in [4.78, 5) is 2.71. The van der Waals surface area contributed by atoms with Gasteiger partial charge in [-0.05, 0) is 49.6 Å². The Morgan fingerprint density at radius 1 is 1.26 bits per heavy atom. The van der Waals surface area contributed by atoms with Crippen molar-refractivity contribution in [3.8, 4) is 0 Å². The smallest absolute Gasteiger partial charge is 0.0472 e.